The second-order valence-corrected chi connectivity index (χ2v) is 9.52. The molecule has 0 saturated heterocycles. The summed E-state index contributed by atoms with van der Waals surface area (Å²) in [7, 11) is -4.14. The number of rotatable bonds is 7. The lowest BCUT2D eigenvalue weighted by molar-refractivity contribution is 0.0696. The number of nitrogens with one attached hydrogen (secondary N) is 1. The Hall–Kier alpha value is -3.20. The van der Waals surface area contributed by atoms with E-state index in [4.69, 9.17) is 5.14 Å². The number of anilines is 1. The first-order valence-corrected chi connectivity index (χ1v) is 12.0. The van der Waals surface area contributed by atoms with Crippen LogP contribution in [0.5, 0.6) is 0 Å². The summed E-state index contributed by atoms with van der Waals surface area (Å²) in [6, 6.07) is 20.3. The van der Waals surface area contributed by atoms with Gasteiger partial charge in [0.2, 0.25) is 10.0 Å². The molecule has 6 nitrogen and oxygen atoms in total. The number of carbonyl (C=O) groups is 1. The summed E-state index contributed by atoms with van der Waals surface area (Å²) < 4.78 is 24.6. The topological polar surface area (TPSA) is 109 Å². The van der Waals surface area contributed by atoms with Crippen LogP contribution in [0.3, 0.4) is 0 Å². The highest BCUT2D eigenvalue weighted by atomic mass is 32.2. The Morgan fingerprint density at radius 1 is 1.03 bits per heavy atom. The predicted octanol–water partition coefficient (Wildman–Crippen LogP) is 4.57. The molecule has 0 unspecified atom stereocenters. The molecule has 0 saturated carbocycles. The molecule has 0 aliphatic rings. The van der Waals surface area contributed by atoms with E-state index >= 15 is 0 Å². The first-order valence-electron chi connectivity index (χ1n) is 9.53. The highest BCUT2D eigenvalue weighted by Crippen LogP contribution is 2.38. The number of thiophene rings is 1. The summed E-state index contributed by atoms with van der Waals surface area (Å²) in [5, 5.41) is 22.3. The minimum absolute atomic E-state index is 0.142. The molecule has 0 bridgehead atoms. The second-order valence-electron chi connectivity index (χ2n) is 7.04. The van der Waals surface area contributed by atoms with Crippen LogP contribution >= 0.6 is 11.3 Å². The molecule has 158 valence electrons. The van der Waals surface area contributed by atoms with E-state index in [0.29, 0.717) is 29.1 Å². The third-order valence-electron chi connectivity index (χ3n) is 5.01. The Labute approximate surface area is 184 Å². The Morgan fingerprint density at radius 3 is 2.52 bits per heavy atom. The first-order chi connectivity index (χ1) is 14.8. The van der Waals surface area contributed by atoms with Gasteiger partial charge in [0.1, 0.15) is 0 Å². The normalized spacial score (nSPS) is 11.5. The van der Waals surface area contributed by atoms with E-state index in [0.717, 1.165) is 22.4 Å². The van der Waals surface area contributed by atoms with Crippen molar-refractivity contribution in [2.75, 3.05) is 11.9 Å². The molecule has 0 amide bonds. The predicted molar refractivity (Wildman–Crippen MR) is 124 cm³/mol. The zero-order valence-electron chi connectivity index (χ0n) is 16.4. The highest BCUT2D eigenvalue weighted by Gasteiger charge is 2.23. The van der Waals surface area contributed by atoms with Crippen LogP contribution in [0.2, 0.25) is 0 Å². The summed E-state index contributed by atoms with van der Waals surface area (Å²) in [4.78, 5) is 12.1. The maximum atomic E-state index is 12.3. The van der Waals surface area contributed by atoms with Gasteiger partial charge in [-0.2, -0.15) is 0 Å². The van der Waals surface area contributed by atoms with Gasteiger partial charge in [-0.25, -0.2) is 18.4 Å². The van der Waals surface area contributed by atoms with Crippen molar-refractivity contribution in [3.05, 3.63) is 83.2 Å². The van der Waals surface area contributed by atoms with Crippen LogP contribution in [-0.4, -0.2) is 26.0 Å². The Bertz CT molecular complexity index is 1360. The Morgan fingerprint density at radius 2 is 1.81 bits per heavy atom. The number of sulfonamides is 1. The van der Waals surface area contributed by atoms with E-state index in [2.05, 4.69) is 23.5 Å². The Kier molecular flexibility index (Phi) is 5.77. The second kappa shape index (κ2) is 8.50. The lowest BCUT2D eigenvalue weighted by Crippen LogP contribution is -2.16. The average Bonchev–Trinajstić information content (AvgIpc) is 3.27. The molecule has 0 atom stereocenters. The van der Waals surface area contributed by atoms with E-state index < -0.39 is 16.0 Å². The number of carboxylic acid groups (broad SMARTS) is 1. The van der Waals surface area contributed by atoms with Crippen LogP contribution in [0.4, 0.5) is 5.69 Å². The van der Waals surface area contributed by atoms with Gasteiger partial charge in [0.15, 0.2) is 0 Å². The molecular weight excluding hydrogens is 432 g/mol. The number of primary sulfonamides is 1. The lowest BCUT2D eigenvalue weighted by atomic mass is 10.0. The van der Waals surface area contributed by atoms with Crippen molar-refractivity contribution in [3.63, 3.8) is 0 Å². The van der Waals surface area contributed by atoms with Gasteiger partial charge >= 0.3 is 5.97 Å². The van der Waals surface area contributed by atoms with E-state index in [9.17, 15) is 18.3 Å². The van der Waals surface area contributed by atoms with Crippen LogP contribution in [0, 0.1) is 0 Å². The minimum atomic E-state index is -4.14. The van der Waals surface area contributed by atoms with Crippen LogP contribution in [0.15, 0.2) is 77.0 Å². The van der Waals surface area contributed by atoms with Crippen molar-refractivity contribution in [3.8, 4) is 10.4 Å². The smallest absolute Gasteiger partial charge is 0.335 e. The van der Waals surface area contributed by atoms with Gasteiger partial charge in [0.25, 0.3) is 0 Å². The fraction of sp³-hybridized carbons (Fsp3) is 0.0870. The van der Waals surface area contributed by atoms with Gasteiger partial charge in [-0.05, 0) is 46.3 Å². The van der Waals surface area contributed by atoms with Crippen molar-refractivity contribution in [1.29, 1.82) is 0 Å². The maximum absolute atomic E-state index is 12.3. The fourth-order valence-corrected chi connectivity index (χ4v) is 5.28. The number of hydrogen-bond donors (Lipinski definition) is 3. The van der Waals surface area contributed by atoms with E-state index in [1.165, 1.54) is 17.4 Å². The van der Waals surface area contributed by atoms with Gasteiger partial charge in [-0.3, -0.25) is 0 Å². The van der Waals surface area contributed by atoms with Crippen LogP contribution < -0.4 is 10.5 Å². The van der Waals surface area contributed by atoms with Crippen LogP contribution in [0.1, 0.15) is 15.9 Å². The molecule has 3 aromatic carbocycles. The molecule has 1 aromatic heterocycles. The van der Waals surface area contributed by atoms with Crippen molar-refractivity contribution >= 4 is 43.8 Å². The van der Waals surface area contributed by atoms with Crippen LogP contribution in [-0.2, 0) is 16.4 Å². The fourth-order valence-electron chi connectivity index (χ4n) is 3.62. The molecule has 0 fully saturated rings. The summed E-state index contributed by atoms with van der Waals surface area (Å²) in [6.45, 7) is 0.486. The van der Waals surface area contributed by atoms with Crippen molar-refractivity contribution in [1.82, 2.24) is 0 Å². The molecule has 0 aliphatic heterocycles. The van der Waals surface area contributed by atoms with Gasteiger partial charge in [0.05, 0.1) is 10.5 Å². The number of benzene rings is 3. The summed E-state index contributed by atoms with van der Waals surface area (Å²) in [5.41, 5.74) is 1.81. The third-order valence-corrected chi connectivity index (χ3v) is 6.84. The molecule has 0 radical (unpaired) electrons. The quantitative estimate of drug-likeness (QED) is 0.381. The lowest BCUT2D eigenvalue weighted by Gasteiger charge is -2.16. The summed E-state index contributed by atoms with van der Waals surface area (Å²) in [5.74, 6) is -1.22. The van der Waals surface area contributed by atoms with Gasteiger partial charge < -0.3 is 10.4 Å². The van der Waals surface area contributed by atoms with Crippen molar-refractivity contribution in [2.24, 2.45) is 5.14 Å². The number of carboxylic acids is 1. The van der Waals surface area contributed by atoms with E-state index in [-0.39, 0.29) is 10.5 Å². The summed E-state index contributed by atoms with van der Waals surface area (Å²) >= 11 is 1.36. The first kappa shape index (κ1) is 21.0. The van der Waals surface area contributed by atoms with E-state index in [1.807, 2.05) is 29.6 Å². The van der Waals surface area contributed by atoms with Gasteiger partial charge in [0, 0.05) is 22.7 Å². The number of fused-ring (bicyclic) bond motifs is 1. The average molecular weight is 453 g/mol. The van der Waals surface area contributed by atoms with Crippen molar-refractivity contribution < 1.29 is 18.3 Å². The molecule has 1 heterocycles. The van der Waals surface area contributed by atoms with Crippen molar-refractivity contribution in [2.45, 2.75) is 11.3 Å². The molecule has 4 N–H and O–H groups in total. The van der Waals surface area contributed by atoms with E-state index in [1.54, 1.807) is 12.1 Å². The molecule has 0 aliphatic carbocycles. The molecule has 31 heavy (non-hydrogen) atoms. The van der Waals surface area contributed by atoms with Crippen LogP contribution in [0.25, 0.3) is 21.2 Å². The third kappa shape index (κ3) is 4.46. The molecule has 4 aromatic rings. The molecule has 8 heteroatoms. The number of hydrogen-bond acceptors (Lipinski definition) is 5. The largest absolute Gasteiger partial charge is 0.478 e. The minimum Gasteiger partial charge on any atom is -0.478 e. The number of nitrogens with two attached hydrogens (primary N) is 1. The highest BCUT2D eigenvalue weighted by molar-refractivity contribution is 7.89. The van der Waals surface area contributed by atoms with Gasteiger partial charge in [-0.15, -0.1) is 11.3 Å². The zero-order valence-corrected chi connectivity index (χ0v) is 18.0. The molecule has 4 rings (SSSR count). The number of aromatic carboxylic acids is 1. The molecular formula is C23H20N2O4S2. The Balaban J connectivity index is 1.73. The van der Waals surface area contributed by atoms with Gasteiger partial charge in [-0.1, -0.05) is 48.5 Å². The standard InChI is InChI=1S/C23H20N2O4S2/c24-31(28,29)21-14-17(23(26)27)13-19(22(21)20-9-4-12-30-20)25-11-10-16-7-3-6-15-5-1-2-8-18(15)16/h1-9,12-14,25H,10-11H2,(H,26,27)(H2,24,28,29). The monoisotopic (exact) mass is 452 g/mol. The molecule has 0 spiro atoms. The maximum Gasteiger partial charge on any atom is 0.335 e. The zero-order chi connectivity index (χ0) is 22.0. The SMILES string of the molecule is NS(=O)(=O)c1cc(C(=O)O)cc(NCCc2cccc3ccccc23)c1-c1cccs1. The summed E-state index contributed by atoms with van der Waals surface area (Å²) in [6.07, 6.45) is 0.674.